The molecule has 1 fully saturated rings. The van der Waals surface area contributed by atoms with E-state index in [0.717, 1.165) is 56.7 Å². The van der Waals surface area contributed by atoms with Crippen molar-refractivity contribution in [2.45, 2.75) is 59.1 Å². The summed E-state index contributed by atoms with van der Waals surface area (Å²) in [5.41, 5.74) is 2.43. The smallest absolute Gasteiger partial charge is 0.340 e. The van der Waals surface area contributed by atoms with E-state index in [2.05, 4.69) is 16.0 Å². The third-order valence-electron chi connectivity index (χ3n) is 5.24. The Morgan fingerprint density at radius 3 is 2.52 bits per heavy atom. The number of carbonyl (C=O) groups excluding carboxylic acids is 2. The molecule has 0 unspecified atom stereocenters. The molecule has 1 amide bonds. The molecular weight excluding hydrogens is 360 g/mol. The van der Waals surface area contributed by atoms with Crippen molar-refractivity contribution in [3.63, 3.8) is 0 Å². The molecule has 1 aliphatic rings. The molecule has 2 aromatic heterocycles. The lowest BCUT2D eigenvalue weighted by Crippen LogP contribution is -2.40. The number of carbonyl (C=O) groups is 2. The number of aromatic nitrogens is 1. The number of likely N-dealkylation sites (tertiary alicyclic amines) is 1. The molecule has 0 aromatic carbocycles. The van der Waals surface area contributed by atoms with Crippen LogP contribution in [0, 0.1) is 13.8 Å². The van der Waals surface area contributed by atoms with Crippen LogP contribution in [-0.4, -0.2) is 40.5 Å². The minimum atomic E-state index is -0.754. The van der Waals surface area contributed by atoms with E-state index < -0.39 is 12.1 Å². The Hall–Kier alpha value is -2.08. The summed E-state index contributed by atoms with van der Waals surface area (Å²) in [5, 5.41) is 2.05. The summed E-state index contributed by atoms with van der Waals surface area (Å²) >= 11 is 1.70. The molecule has 1 atom stereocenters. The molecule has 5 nitrogen and oxygen atoms in total. The second-order valence-corrected chi connectivity index (χ2v) is 8.27. The molecule has 3 rings (SSSR count). The fourth-order valence-electron chi connectivity index (χ4n) is 3.63. The molecular formula is C21H28N2O3S. The second-order valence-electron chi connectivity index (χ2n) is 7.24. The summed E-state index contributed by atoms with van der Waals surface area (Å²) in [4.78, 5) is 28.4. The van der Waals surface area contributed by atoms with Crippen LogP contribution < -0.4 is 0 Å². The van der Waals surface area contributed by atoms with Gasteiger partial charge in [-0.1, -0.05) is 18.9 Å². The normalized spacial score (nSPS) is 16.0. The van der Waals surface area contributed by atoms with Crippen molar-refractivity contribution in [2.24, 2.45) is 0 Å². The Morgan fingerprint density at radius 2 is 1.89 bits per heavy atom. The number of rotatable bonds is 5. The van der Waals surface area contributed by atoms with Crippen LogP contribution in [0.15, 0.2) is 23.6 Å². The van der Waals surface area contributed by atoms with E-state index in [1.807, 2.05) is 30.9 Å². The fourth-order valence-corrected chi connectivity index (χ4v) is 4.32. The SMILES string of the molecule is Cc1cc(C(=O)O[C@H](C)C(=O)N2CCCCCC2)c(C)n1Cc1cccs1. The number of aryl methyl sites for hydroxylation is 1. The highest BCUT2D eigenvalue weighted by atomic mass is 32.1. The third-order valence-corrected chi connectivity index (χ3v) is 6.10. The van der Waals surface area contributed by atoms with Crippen LogP contribution in [0.25, 0.3) is 0 Å². The van der Waals surface area contributed by atoms with Gasteiger partial charge in [0.1, 0.15) is 0 Å². The van der Waals surface area contributed by atoms with Gasteiger partial charge in [-0.3, -0.25) is 4.79 Å². The van der Waals surface area contributed by atoms with Gasteiger partial charge in [-0.15, -0.1) is 11.3 Å². The second kappa shape index (κ2) is 8.74. The number of amides is 1. The van der Waals surface area contributed by atoms with Crippen LogP contribution in [0.5, 0.6) is 0 Å². The highest BCUT2D eigenvalue weighted by Crippen LogP contribution is 2.21. The van der Waals surface area contributed by atoms with Crippen LogP contribution in [0.2, 0.25) is 0 Å². The monoisotopic (exact) mass is 388 g/mol. The molecule has 0 spiro atoms. The van der Waals surface area contributed by atoms with Crippen LogP contribution in [0.3, 0.4) is 0 Å². The maximum absolute atomic E-state index is 12.7. The Balaban J connectivity index is 1.67. The molecule has 1 aliphatic heterocycles. The van der Waals surface area contributed by atoms with E-state index in [0.29, 0.717) is 5.56 Å². The van der Waals surface area contributed by atoms with Gasteiger partial charge in [0.15, 0.2) is 6.10 Å². The molecule has 0 saturated carbocycles. The van der Waals surface area contributed by atoms with E-state index in [9.17, 15) is 9.59 Å². The zero-order valence-corrected chi connectivity index (χ0v) is 17.2. The van der Waals surface area contributed by atoms with Crippen molar-refractivity contribution >= 4 is 23.2 Å². The van der Waals surface area contributed by atoms with E-state index in [-0.39, 0.29) is 5.91 Å². The first-order valence-electron chi connectivity index (χ1n) is 9.66. The number of thiophene rings is 1. The van der Waals surface area contributed by atoms with Gasteiger partial charge in [-0.05, 0) is 51.1 Å². The number of nitrogens with zero attached hydrogens (tertiary/aromatic N) is 2. The average molecular weight is 389 g/mol. The first-order valence-corrected chi connectivity index (χ1v) is 10.5. The Kier molecular flexibility index (Phi) is 6.37. The summed E-state index contributed by atoms with van der Waals surface area (Å²) in [6.45, 7) is 7.86. The van der Waals surface area contributed by atoms with Crippen molar-refractivity contribution < 1.29 is 14.3 Å². The molecule has 2 aromatic rings. The Bertz CT molecular complexity index is 787. The summed E-state index contributed by atoms with van der Waals surface area (Å²) in [6.07, 6.45) is 3.62. The predicted octanol–water partition coefficient (Wildman–Crippen LogP) is 4.16. The van der Waals surface area contributed by atoms with Crippen LogP contribution >= 0.6 is 11.3 Å². The lowest BCUT2D eigenvalue weighted by Gasteiger charge is -2.24. The topological polar surface area (TPSA) is 51.5 Å². The minimum Gasteiger partial charge on any atom is -0.449 e. The maximum atomic E-state index is 12.7. The van der Waals surface area contributed by atoms with Gasteiger partial charge in [0.2, 0.25) is 0 Å². The van der Waals surface area contributed by atoms with Gasteiger partial charge in [0, 0.05) is 29.4 Å². The highest BCUT2D eigenvalue weighted by molar-refractivity contribution is 7.09. The molecule has 6 heteroatoms. The highest BCUT2D eigenvalue weighted by Gasteiger charge is 2.26. The van der Waals surface area contributed by atoms with Gasteiger partial charge in [0.25, 0.3) is 5.91 Å². The average Bonchev–Trinajstić information content (AvgIpc) is 3.15. The van der Waals surface area contributed by atoms with Gasteiger partial charge in [-0.25, -0.2) is 4.79 Å². The van der Waals surface area contributed by atoms with Gasteiger partial charge in [-0.2, -0.15) is 0 Å². The number of ether oxygens (including phenoxy) is 1. The van der Waals surface area contributed by atoms with Crippen LogP contribution in [0.1, 0.15) is 59.2 Å². The number of hydrogen-bond donors (Lipinski definition) is 0. The summed E-state index contributed by atoms with van der Waals surface area (Å²) in [5.74, 6) is -0.506. The Morgan fingerprint density at radius 1 is 1.19 bits per heavy atom. The van der Waals surface area contributed by atoms with Crippen LogP contribution in [0.4, 0.5) is 0 Å². The third kappa shape index (κ3) is 4.61. The van der Waals surface area contributed by atoms with Gasteiger partial charge in [0.05, 0.1) is 12.1 Å². The quantitative estimate of drug-likeness (QED) is 0.723. The molecule has 0 radical (unpaired) electrons. The molecule has 0 bridgehead atoms. The zero-order valence-electron chi connectivity index (χ0n) is 16.4. The van der Waals surface area contributed by atoms with Gasteiger partial charge < -0.3 is 14.2 Å². The Labute approximate surface area is 164 Å². The summed E-state index contributed by atoms with van der Waals surface area (Å²) in [7, 11) is 0. The van der Waals surface area contributed by atoms with E-state index in [1.165, 1.54) is 4.88 Å². The number of esters is 1. The molecule has 3 heterocycles. The van der Waals surface area contributed by atoms with E-state index in [1.54, 1.807) is 18.3 Å². The molecule has 1 saturated heterocycles. The largest absolute Gasteiger partial charge is 0.449 e. The molecule has 0 N–H and O–H groups in total. The first kappa shape index (κ1) is 19.7. The molecule has 146 valence electrons. The standard InChI is InChI=1S/C21H28N2O3S/c1-15-13-19(16(2)23(15)14-18-9-8-12-27-18)21(25)26-17(3)20(24)22-10-6-4-5-7-11-22/h8-9,12-13,17H,4-7,10-11,14H2,1-3H3/t17-/m1/s1. The molecule has 27 heavy (non-hydrogen) atoms. The van der Waals surface area contributed by atoms with Crippen molar-refractivity contribution in [3.05, 3.63) is 45.4 Å². The van der Waals surface area contributed by atoms with Crippen molar-refractivity contribution in [3.8, 4) is 0 Å². The molecule has 0 aliphatic carbocycles. The zero-order chi connectivity index (χ0) is 19.4. The van der Waals surface area contributed by atoms with E-state index >= 15 is 0 Å². The van der Waals surface area contributed by atoms with Crippen molar-refractivity contribution in [1.82, 2.24) is 9.47 Å². The lowest BCUT2D eigenvalue weighted by atomic mass is 10.2. The van der Waals surface area contributed by atoms with Gasteiger partial charge >= 0.3 is 5.97 Å². The van der Waals surface area contributed by atoms with Crippen molar-refractivity contribution in [2.75, 3.05) is 13.1 Å². The predicted molar refractivity (Wildman–Crippen MR) is 107 cm³/mol. The van der Waals surface area contributed by atoms with Crippen molar-refractivity contribution in [1.29, 1.82) is 0 Å². The minimum absolute atomic E-state index is 0.0855. The lowest BCUT2D eigenvalue weighted by molar-refractivity contribution is -0.139. The number of hydrogen-bond acceptors (Lipinski definition) is 4. The summed E-state index contributed by atoms with van der Waals surface area (Å²) in [6, 6.07) is 5.97. The van der Waals surface area contributed by atoms with Crippen LogP contribution in [-0.2, 0) is 16.1 Å². The first-order chi connectivity index (χ1) is 13.0. The maximum Gasteiger partial charge on any atom is 0.340 e. The summed E-state index contributed by atoms with van der Waals surface area (Å²) < 4.78 is 7.65. The fraction of sp³-hybridized carbons (Fsp3) is 0.524. The van der Waals surface area contributed by atoms with E-state index in [4.69, 9.17) is 4.74 Å².